The van der Waals surface area contributed by atoms with Crippen LogP contribution < -0.4 is 5.32 Å². The molecule has 0 saturated heterocycles. The molecule has 1 aliphatic carbocycles. The minimum Gasteiger partial charge on any atom is -0.395 e. The molecule has 5 heteroatoms. The number of nitrogens with one attached hydrogen (secondary N) is 1. The number of thioether (sulfide) groups is 1. The standard InChI is InChI=1S/C11H15ClN2OS/c12-8-1-4-11(13-5-8)16-7-10(6-15)14-9-2-3-9/h1,4-5,9-10,14-15H,2-3,6-7H2. The zero-order valence-electron chi connectivity index (χ0n) is 8.90. The van der Waals surface area contributed by atoms with Crippen molar-refractivity contribution in [2.75, 3.05) is 12.4 Å². The van der Waals surface area contributed by atoms with Crippen molar-refractivity contribution in [3.63, 3.8) is 0 Å². The highest BCUT2D eigenvalue weighted by atomic mass is 35.5. The summed E-state index contributed by atoms with van der Waals surface area (Å²) in [5.74, 6) is 0.835. The van der Waals surface area contributed by atoms with Gasteiger partial charge in [0.1, 0.15) is 0 Å². The summed E-state index contributed by atoms with van der Waals surface area (Å²) >= 11 is 7.39. The van der Waals surface area contributed by atoms with Crippen LogP contribution in [0.1, 0.15) is 12.8 Å². The number of halogens is 1. The van der Waals surface area contributed by atoms with Crippen LogP contribution in [0.2, 0.25) is 5.02 Å². The van der Waals surface area contributed by atoms with E-state index in [1.165, 1.54) is 12.8 Å². The van der Waals surface area contributed by atoms with Crippen LogP contribution in [0, 0.1) is 0 Å². The largest absolute Gasteiger partial charge is 0.395 e. The zero-order chi connectivity index (χ0) is 11.4. The van der Waals surface area contributed by atoms with Gasteiger partial charge in [-0.05, 0) is 25.0 Å². The summed E-state index contributed by atoms with van der Waals surface area (Å²) in [7, 11) is 0. The summed E-state index contributed by atoms with van der Waals surface area (Å²) in [6, 6.07) is 4.52. The highest BCUT2D eigenvalue weighted by Crippen LogP contribution is 2.22. The average molecular weight is 259 g/mol. The van der Waals surface area contributed by atoms with Crippen molar-refractivity contribution in [3.05, 3.63) is 23.4 Å². The van der Waals surface area contributed by atoms with Gasteiger partial charge < -0.3 is 10.4 Å². The maximum Gasteiger partial charge on any atom is 0.0961 e. The summed E-state index contributed by atoms with van der Waals surface area (Å²) in [6.07, 6.45) is 4.12. The normalized spacial score (nSPS) is 17.4. The fourth-order valence-electron chi connectivity index (χ4n) is 1.37. The van der Waals surface area contributed by atoms with Gasteiger partial charge in [-0.1, -0.05) is 11.6 Å². The molecule has 1 fully saturated rings. The molecule has 0 aliphatic heterocycles. The second-order valence-electron chi connectivity index (χ2n) is 3.95. The first kappa shape index (κ1) is 12.2. The smallest absolute Gasteiger partial charge is 0.0961 e. The van der Waals surface area contributed by atoms with E-state index in [1.807, 2.05) is 12.1 Å². The Labute approximate surface area is 105 Å². The molecule has 1 aliphatic rings. The lowest BCUT2D eigenvalue weighted by molar-refractivity contribution is 0.253. The summed E-state index contributed by atoms with van der Waals surface area (Å²) in [5.41, 5.74) is 0. The summed E-state index contributed by atoms with van der Waals surface area (Å²) in [4.78, 5) is 4.20. The highest BCUT2D eigenvalue weighted by Gasteiger charge is 2.24. The van der Waals surface area contributed by atoms with Crippen LogP contribution in [0.25, 0.3) is 0 Å². The van der Waals surface area contributed by atoms with Crippen LogP contribution >= 0.6 is 23.4 Å². The lowest BCUT2D eigenvalue weighted by atomic mass is 10.3. The van der Waals surface area contributed by atoms with Gasteiger partial charge >= 0.3 is 0 Å². The van der Waals surface area contributed by atoms with E-state index in [1.54, 1.807) is 18.0 Å². The Morgan fingerprint density at radius 1 is 1.56 bits per heavy atom. The molecule has 1 aromatic rings. The van der Waals surface area contributed by atoms with E-state index in [-0.39, 0.29) is 12.6 Å². The van der Waals surface area contributed by atoms with Crippen molar-refractivity contribution < 1.29 is 5.11 Å². The van der Waals surface area contributed by atoms with E-state index in [0.717, 1.165) is 10.8 Å². The predicted molar refractivity (Wildman–Crippen MR) is 67.0 cm³/mol. The minimum absolute atomic E-state index is 0.162. The Hall–Kier alpha value is -0.290. The van der Waals surface area contributed by atoms with Crippen molar-refractivity contribution in [1.29, 1.82) is 0 Å². The summed E-state index contributed by atoms with van der Waals surface area (Å²) < 4.78 is 0. The molecule has 1 unspecified atom stereocenters. The van der Waals surface area contributed by atoms with Crippen LogP contribution in [-0.4, -0.2) is 34.5 Å². The Kier molecular flexibility index (Phi) is 4.46. The molecule has 88 valence electrons. The number of hydrogen-bond donors (Lipinski definition) is 2. The summed E-state index contributed by atoms with van der Waals surface area (Å²) in [5, 5.41) is 14.2. The van der Waals surface area contributed by atoms with Gasteiger partial charge in [-0.25, -0.2) is 4.98 Å². The molecule has 1 atom stereocenters. The Morgan fingerprint density at radius 2 is 2.38 bits per heavy atom. The molecule has 0 aromatic carbocycles. The first-order valence-electron chi connectivity index (χ1n) is 5.39. The molecule has 2 rings (SSSR count). The van der Waals surface area contributed by atoms with E-state index < -0.39 is 0 Å². The van der Waals surface area contributed by atoms with Crippen LogP contribution in [-0.2, 0) is 0 Å². The highest BCUT2D eigenvalue weighted by molar-refractivity contribution is 7.99. The number of aromatic nitrogens is 1. The van der Waals surface area contributed by atoms with Gasteiger partial charge in [0.25, 0.3) is 0 Å². The third-order valence-corrected chi connectivity index (χ3v) is 3.73. The van der Waals surface area contributed by atoms with Gasteiger partial charge in [-0.2, -0.15) is 0 Å². The number of pyridine rings is 1. The SMILES string of the molecule is OCC(CSc1ccc(Cl)cn1)NC1CC1. The van der Waals surface area contributed by atoms with Crippen molar-refractivity contribution in [3.8, 4) is 0 Å². The fraction of sp³-hybridized carbons (Fsp3) is 0.545. The second kappa shape index (κ2) is 5.87. The van der Waals surface area contributed by atoms with Crippen LogP contribution in [0.5, 0.6) is 0 Å². The molecule has 0 spiro atoms. The minimum atomic E-state index is 0.162. The number of aliphatic hydroxyl groups excluding tert-OH is 1. The molecular weight excluding hydrogens is 244 g/mol. The molecule has 1 saturated carbocycles. The molecule has 0 bridgehead atoms. The second-order valence-corrected chi connectivity index (χ2v) is 5.42. The Balaban J connectivity index is 1.77. The number of aliphatic hydroxyl groups is 1. The fourth-order valence-corrected chi connectivity index (χ4v) is 2.35. The van der Waals surface area contributed by atoms with Gasteiger partial charge in [0.2, 0.25) is 0 Å². The van der Waals surface area contributed by atoms with Gasteiger partial charge in [-0.3, -0.25) is 0 Å². The van der Waals surface area contributed by atoms with Crippen LogP contribution in [0.3, 0.4) is 0 Å². The van der Waals surface area contributed by atoms with E-state index in [9.17, 15) is 5.11 Å². The molecule has 1 heterocycles. The molecule has 3 nitrogen and oxygen atoms in total. The maximum absolute atomic E-state index is 9.21. The molecular formula is C11H15ClN2OS. The number of rotatable bonds is 6. The quantitative estimate of drug-likeness (QED) is 0.766. The molecule has 2 N–H and O–H groups in total. The predicted octanol–water partition coefficient (Wildman–Crippen LogP) is 1.94. The van der Waals surface area contributed by atoms with Crippen LogP contribution in [0.15, 0.2) is 23.4 Å². The first-order valence-corrected chi connectivity index (χ1v) is 6.75. The van der Waals surface area contributed by atoms with Gasteiger partial charge in [-0.15, -0.1) is 11.8 Å². The number of nitrogens with zero attached hydrogens (tertiary/aromatic N) is 1. The van der Waals surface area contributed by atoms with Gasteiger partial charge in [0, 0.05) is 24.0 Å². The first-order chi connectivity index (χ1) is 7.78. The van der Waals surface area contributed by atoms with Crippen molar-refractivity contribution in [1.82, 2.24) is 10.3 Å². The lowest BCUT2D eigenvalue weighted by Crippen LogP contribution is -2.36. The maximum atomic E-state index is 9.21. The Morgan fingerprint density at radius 3 is 2.94 bits per heavy atom. The van der Waals surface area contributed by atoms with Gasteiger partial charge in [0.05, 0.1) is 16.7 Å². The third kappa shape index (κ3) is 3.94. The molecule has 0 amide bonds. The van der Waals surface area contributed by atoms with E-state index >= 15 is 0 Å². The zero-order valence-corrected chi connectivity index (χ0v) is 10.5. The van der Waals surface area contributed by atoms with E-state index in [2.05, 4.69) is 10.3 Å². The monoisotopic (exact) mass is 258 g/mol. The van der Waals surface area contributed by atoms with Crippen molar-refractivity contribution >= 4 is 23.4 Å². The molecule has 16 heavy (non-hydrogen) atoms. The third-order valence-electron chi connectivity index (χ3n) is 2.40. The molecule has 0 radical (unpaired) electrons. The lowest BCUT2D eigenvalue weighted by Gasteiger charge is -2.14. The van der Waals surface area contributed by atoms with E-state index in [4.69, 9.17) is 11.6 Å². The Bertz CT molecular complexity index is 329. The van der Waals surface area contributed by atoms with Crippen molar-refractivity contribution in [2.24, 2.45) is 0 Å². The van der Waals surface area contributed by atoms with Crippen molar-refractivity contribution in [2.45, 2.75) is 30.0 Å². The van der Waals surface area contributed by atoms with Crippen LogP contribution in [0.4, 0.5) is 0 Å². The summed E-state index contributed by atoms with van der Waals surface area (Å²) in [6.45, 7) is 0.178. The molecule has 1 aromatic heterocycles. The number of hydrogen-bond acceptors (Lipinski definition) is 4. The van der Waals surface area contributed by atoms with Gasteiger partial charge in [0.15, 0.2) is 0 Å². The van der Waals surface area contributed by atoms with E-state index in [0.29, 0.717) is 11.1 Å². The average Bonchev–Trinajstić information content (AvgIpc) is 3.10. The topological polar surface area (TPSA) is 45.2 Å².